The van der Waals surface area contributed by atoms with E-state index in [2.05, 4.69) is 22.0 Å². The molecule has 1 aromatic carbocycles. The van der Waals surface area contributed by atoms with E-state index in [-0.39, 0.29) is 10.1 Å². The van der Waals surface area contributed by atoms with Crippen LogP contribution in [0.5, 0.6) is 0 Å². The predicted molar refractivity (Wildman–Crippen MR) is 102 cm³/mol. The van der Waals surface area contributed by atoms with Gasteiger partial charge in [-0.2, -0.15) is 4.98 Å². The van der Waals surface area contributed by atoms with E-state index < -0.39 is 10.0 Å². The Bertz CT molecular complexity index is 1030. The molecule has 0 radical (unpaired) electrons. The molecule has 146 valence electrons. The second kappa shape index (κ2) is 7.99. The van der Waals surface area contributed by atoms with Crippen molar-refractivity contribution in [1.82, 2.24) is 19.4 Å². The molecule has 0 saturated heterocycles. The summed E-state index contributed by atoms with van der Waals surface area (Å²) in [4.78, 5) is 8.98. The fraction of sp³-hybridized carbons (Fsp3) is 0.471. The van der Waals surface area contributed by atoms with Crippen LogP contribution in [0.4, 0.5) is 0 Å². The highest BCUT2D eigenvalue weighted by Gasteiger charge is 2.21. The van der Waals surface area contributed by atoms with Crippen LogP contribution in [0.25, 0.3) is 11.1 Å². The van der Waals surface area contributed by atoms with E-state index in [1.165, 1.54) is 38.0 Å². The van der Waals surface area contributed by atoms with E-state index in [4.69, 9.17) is 8.94 Å². The molecule has 0 bridgehead atoms. The summed E-state index contributed by atoms with van der Waals surface area (Å²) in [7, 11) is -0.537. The Hall–Kier alpha value is -1.91. The number of thioether (sulfide) groups is 1. The lowest BCUT2D eigenvalue weighted by Crippen LogP contribution is -2.22. The van der Waals surface area contributed by atoms with E-state index in [1.54, 1.807) is 6.07 Å². The molecule has 3 rings (SSSR count). The number of oxazole rings is 1. The number of aromatic nitrogens is 3. The molecule has 0 fully saturated rings. The molecule has 0 N–H and O–H groups in total. The number of unbranched alkanes of at least 4 members (excludes halogenated alkanes) is 1. The Morgan fingerprint density at radius 2 is 2.04 bits per heavy atom. The second-order valence-corrected chi connectivity index (χ2v) is 9.75. The molecular formula is C17H22N4O4S2. The van der Waals surface area contributed by atoms with Gasteiger partial charge < -0.3 is 8.94 Å². The number of hydrogen-bond acceptors (Lipinski definition) is 8. The monoisotopic (exact) mass is 410 g/mol. The summed E-state index contributed by atoms with van der Waals surface area (Å²) < 4.78 is 36.7. The smallest absolute Gasteiger partial charge is 0.257 e. The summed E-state index contributed by atoms with van der Waals surface area (Å²) in [5.74, 6) is 1.22. The van der Waals surface area contributed by atoms with E-state index >= 15 is 0 Å². The first-order valence-corrected chi connectivity index (χ1v) is 11.0. The molecule has 10 heteroatoms. The normalized spacial score (nSPS) is 13.5. The van der Waals surface area contributed by atoms with E-state index in [0.29, 0.717) is 28.0 Å². The highest BCUT2D eigenvalue weighted by atomic mass is 32.2. The van der Waals surface area contributed by atoms with E-state index in [0.717, 1.165) is 23.6 Å². The summed E-state index contributed by atoms with van der Waals surface area (Å²) in [5.41, 5.74) is 1.01. The number of sulfonamides is 1. The van der Waals surface area contributed by atoms with Crippen molar-refractivity contribution in [2.45, 2.75) is 48.5 Å². The number of aryl methyl sites for hydroxylation is 1. The molecule has 2 aromatic heterocycles. The molecule has 2 heterocycles. The summed E-state index contributed by atoms with van der Waals surface area (Å²) in [6.07, 6.45) is 2.88. The van der Waals surface area contributed by atoms with Gasteiger partial charge in [-0.3, -0.25) is 0 Å². The van der Waals surface area contributed by atoms with Crippen molar-refractivity contribution < 1.29 is 17.4 Å². The third-order valence-electron chi connectivity index (χ3n) is 3.98. The van der Waals surface area contributed by atoms with Gasteiger partial charge in [-0.25, -0.2) is 17.7 Å². The van der Waals surface area contributed by atoms with Gasteiger partial charge in [0.2, 0.25) is 15.9 Å². The molecule has 1 unspecified atom stereocenters. The summed E-state index contributed by atoms with van der Waals surface area (Å²) in [6, 6.07) is 4.64. The highest BCUT2D eigenvalue weighted by molar-refractivity contribution is 7.99. The molecule has 1 atom stereocenters. The minimum absolute atomic E-state index is 0.133. The lowest BCUT2D eigenvalue weighted by atomic mass is 10.2. The highest BCUT2D eigenvalue weighted by Crippen LogP contribution is 2.35. The van der Waals surface area contributed by atoms with Gasteiger partial charge in [-0.15, -0.1) is 0 Å². The van der Waals surface area contributed by atoms with Crippen LogP contribution in [0.15, 0.2) is 37.3 Å². The maximum Gasteiger partial charge on any atom is 0.257 e. The lowest BCUT2D eigenvalue weighted by molar-refractivity contribution is 0.373. The molecule has 3 aromatic rings. The zero-order valence-corrected chi connectivity index (χ0v) is 17.3. The second-order valence-electron chi connectivity index (χ2n) is 6.31. The van der Waals surface area contributed by atoms with Gasteiger partial charge in [0.05, 0.1) is 10.1 Å². The number of hydrogen-bond donors (Lipinski definition) is 0. The maximum atomic E-state index is 12.3. The van der Waals surface area contributed by atoms with Gasteiger partial charge in [0.1, 0.15) is 5.52 Å². The Kier molecular flexibility index (Phi) is 5.87. The number of nitrogens with zero attached hydrogens (tertiary/aromatic N) is 4. The van der Waals surface area contributed by atoms with Gasteiger partial charge in [0, 0.05) is 20.5 Å². The predicted octanol–water partition coefficient (Wildman–Crippen LogP) is 3.66. The van der Waals surface area contributed by atoms with Crippen LogP contribution < -0.4 is 0 Å². The molecule has 27 heavy (non-hydrogen) atoms. The van der Waals surface area contributed by atoms with Gasteiger partial charge in [0.15, 0.2) is 11.4 Å². The lowest BCUT2D eigenvalue weighted by Gasteiger charge is -2.10. The van der Waals surface area contributed by atoms with Crippen molar-refractivity contribution in [3.8, 4) is 0 Å². The van der Waals surface area contributed by atoms with Crippen LogP contribution in [0.3, 0.4) is 0 Å². The van der Waals surface area contributed by atoms with Crippen molar-refractivity contribution in [3.05, 3.63) is 29.9 Å². The zero-order chi connectivity index (χ0) is 19.6. The van der Waals surface area contributed by atoms with Crippen molar-refractivity contribution in [3.63, 3.8) is 0 Å². The minimum atomic E-state index is -3.52. The fourth-order valence-corrected chi connectivity index (χ4v) is 4.09. The molecular weight excluding hydrogens is 388 g/mol. The van der Waals surface area contributed by atoms with Gasteiger partial charge in [-0.1, -0.05) is 30.3 Å². The van der Waals surface area contributed by atoms with Crippen LogP contribution in [-0.2, 0) is 16.4 Å². The van der Waals surface area contributed by atoms with Crippen LogP contribution >= 0.6 is 11.8 Å². The molecule has 0 saturated carbocycles. The van der Waals surface area contributed by atoms with Crippen molar-refractivity contribution in [1.29, 1.82) is 0 Å². The average molecular weight is 411 g/mol. The standard InChI is InChI=1S/C17H22N4O4S2/c1-5-6-7-15-19-16(25-20-15)11(2)26-17-18-13-10-12(8-9-14(13)24-17)27(22,23)21(3)4/h8-11H,5-7H2,1-4H3. The topological polar surface area (TPSA) is 102 Å². The van der Waals surface area contributed by atoms with Crippen LogP contribution in [0.1, 0.15) is 43.7 Å². The average Bonchev–Trinajstić information content (AvgIpc) is 3.25. The van der Waals surface area contributed by atoms with Crippen molar-refractivity contribution in [2.75, 3.05) is 14.1 Å². The van der Waals surface area contributed by atoms with Crippen LogP contribution in [0.2, 0.25) is 0 Å². The zero-order valence-electron chi connectivity index (χ0n) is 15.7. The quantitative estimate of drug-likeness (QED) is 0.518. The van der Waals surface area contributed by atoms with Crippen LogP contribution in [-0.4, -0.2) is 41.9 Å². The van der Waals surface area contributed by atoms with E-state index in [9.17, 15) is 8.42 Å². The van der Waals surface area contributed by atoms with Gasteiger partial charge in [-0.05, 0) is 31.5 Å². The molecule has 0 aliphatic carbocycles. The first-order valence-electron chi connectivity index (χ1n) is 8.63. The van der Waals surface area contributed by atoms with Gasteiger partial charge in [0.25, 0.3) is 5.22 Å². The SMILES string of the molecule is CCCCc1noc(C(C)Sc2nc3cc(S(=O)(=O)N(C)C)ccc3o2)n1. The van der Waals surface area contributed by atoms with Crippen molar-refractivity contribution >= 4 is 32.9 Å². The summed E-state index contributed by atoms with van der Waals surface area (Å²) in [6.45, 7) is 4.04. The Morgan fingerprint density at radius 1 is 1.26 bits per heavy atom. The van der Waals surface area contributed by atoms with E-state index in [1.807, 2.05) is 6.92 Å². The number of fused-ring (bicyclic) bond motifs is 1. The number of rotatable bonds is 8. The minimum Gasteiger partial charge on any atom is -0.431 e. The summed E-state index contributed by atoms with van der Waals surface area (Å²) >= 11 is 1.35. The molecule has 0 amide bonds. The Labute approximate surface area is 162 Å². The fourth-order valence-electron chi connectivity index (χ4n) is 2.38. The summed E-state index contributed by atoms with van der Waals surface area (Å²) in [5, 5.41) is 4.28. The molecule has 0 aliphatic rings. The van der Waals surface area contributed by atoms with Crippen molar-refractivity contribution in [2.24, 2.45) is 0 Å². The molecule has 0 spiro atoms. The third-order valence-corrected chi connectivity index (χ3v) is 6.72. The Balaban J connectivity index is 1.78. The van der Waals surface area contributed by atoms with Gasteiger partial charge >= 0.3 is 0 Å². The largest absolute Gasteiger partial charge is 0.431 e. The first-order chi connectivity index (χ1) is 12.8. The first kappa shape index (κ1) is 19.8. The third kappa shape index (κ3) is 4.33. The van der Waals surface area contributed by atoms with Crippen LogP contribution in [0, 0.1) is 0 Å². The molecule has 0 aliphatic heterocycles. The Morgan fingerprint density at radius 3 is 2.74 bits per heavy atom. The number of benzene rings is 1. The molecule has 8 nitrogen and oxygen atoms in total. The maximum absolute atomic E-state index is 12.3.